The number of benzene rings is 1. The molecule has 6 heteroatoms. The zero-order valence-electron chi connectivity index (χ0n) is 13.4. The SMILES string of the molecule is CNC(=O)C1(N2CCC[C@H]2C(=O)NCc2ccccc2)COC1. The smallest absolute Gasteiger partial charge is 0.245 e. The first-order valence-electron chi connectivity index (χ1n) is 8.06. The van der Waals surface area contributed by atoms with Crippen molar-refractivity contribution in [2.45, 2.75) is 31.0 Å². The molecular weight excluding hydrogens is 294 g/mol. The molecule has 2 heterocycles. The van der Waals surface area contributed by atoms with Crippen LogP contribution in [0.5, 0.6) is 0 Å². The van der Waals surface area contributed by atoms with Gasteiger partial charge < -0.3 is 15.4 Å². The van der Waals surface area contributed by atoms with E-state index in [-0.39, 0.29) is 17.9 Å². The van der Waals surface area contributed by atoms with Crippen LogP contribution in [0, 0.1) is 0 Å². The first-order chi connectivity index (χ1) is 11.2. The molecule has 1 aromatic rings. The van der Waals surface area contributed by atoms with E-state index in [0.29, 0.717) is 19.8 Å². The molecule has 2 fully saturated rings. The summed E-state index contributed by atoms with van der Waals surface area (Å²) in [7, 11) is 1.63. The second-order valence-electron chi connectivity index (χ2n) is 6.16. The van der Waals surface area contributed by atoms with Crippen molar-refractivity contribution in [2.24, 2.45) is 0 Å². The largest absolute Gasteiger partial charge is 0.376 e. The quantitative estimate of drug-likeness (QED) is 0.818. The number of nitrogens with one attached hydrogen (secondary N) is 2. The summed E-state index contributed by atoms with van der Waals surface area (Å²) < 4.78 is 5.30. The minimum atomic E-state index is -0.681. The fraction of sp³-hybridized carbons (Fsp3) is 0.529. The summed E-state index contributed by atoms with van der Waals surface area (Å²) in [4.78, 5) is 26.9. The Morgan fingerprint density at radius 1 is 1.30 bits per heavy atom. The summed E-state index contributed by atoms with van der Waals surface area (Å²) in [6.45, 7) is 1.97. The number of ether oxygens (including phenoxy) is 1. The third kappa shape index (κ3) is 2.96. The summed E-state index contributed by atoms with van der Waals surface area (Å²) in [5, 5.41) is 5.70. The van der Waals surface area contributed by atoms with Gasteiger partial charge in [-0.25, -0.2) is 0 Å². The first kappa shape index (κ1) is 16.0. The first-order valence-corrected chi connectivity index (χ1v) is 8.06. The topological polar surface area (TPSA) is 70.7 Å². The van der Waals surface area contributed by atoms with Crippen molar-refractivity contribution in [1.82, 2.24) is 15.5 Å². The summed E-state index contributed by atoms with van der Waals surface area (Å²) in [6, 6.07) is 9.57. The molecule has 2 saturated heterocycles. The van der Waals surface area contributed by atoms with Gasteiger partial charge in [-0.2, -0.15) is 0 Å². The second-order valence-corrected chi connectivity index (χ2v) is 6.16. The Morgan fingerprint density at radius 2 is 2.04 bits per heavy atom. The van der Waals surface area contributed by atoms with Crippen molar-refractivity contribution in [3.63, 3.8) is 0 Å². The molecule has 0 radical (unpaired) electrons. The number of hydrogen-bond acceptors (Lipinski definition) is 4. The average molecular weight is 317 g/mol. The number of carbonyl (C=O) groups excluding carboxylic acids is 2. The predicted molar refractivity (Wildman–Crippen MR) is 85.6 cm³/mol. The molecule has 2 aliphatic heterocycles. The van der Waals surface area contributed by atoms with E-state index in [1.807, 2.05) is 35.2 Å². The Kier molecular flexibility index (Phi) is 4.63. The normalized spacial score (nSPS) is 23.1. The Balaban J connectivity index is 1.66. The molecule has 3 rings (SSSR count). The lowest BCUT2D eigenvalue weighted by Crippen LogP contribution is -2.71. The van der Waals surface area contributed by atoms with Crippen LogP contribution in [0.2, 0.25) is 0 Å². The third-order valence-electron chi connectivity index (χ3n) is 4.75. The molecule has 1 aromatic carbocycles. The Morgan fingerprint density at radius 3 is 2.65 bits per heavy atom. The molecule has 2 aliphatic rings. The fourth-order valence-corrected chi connectivity index (χ4v) is 3.41. The van der Waals surface area contributed by atoms with Gasteiger partial charge >= 0.3 is 0 Å². The number of amides is 2. The minimum absolute atomic E-state index is 0.0125. The summed E-state index contributed by atoms with van der Waals surface area (Å²) >= 11 is 0. The van der Waals surface area contributed by atoms with Gasteiger partial charge in [-0.15, -0.1) is 0 Å². The van der Waals surface area contributed by atoms with E-state index < -0.39 is 5.54 Å². The highest BCUT2D eigenvalue weighted by atomic mass is 16.5. The van der Waals surface area contributed by atoms with E-state index in [1.54, 1.807) is 7.05 Å². The lowest BCUT2D eigenvalue weighted by Gasteiger charge is -2.48. The number of nitrogens with zero attached hydrogens (tertiary/aromatic N) is 1. The maximum atomic E-state index is 12.6. The second kappa shape index (κ2) is 6.68. The lowest BCUT2D eigenvalue weighted by atomic mass is 9.92. The van der Waals surface area contributed by atoms with E-state index >= 15 is 0 Å². The fourth-order valence-electron chi connectivity index (χ4n) is 3.41. The monoisotopic (exact) mass is 317 g/mol. The molecule has 6 nitrogen and oxygen atoms in total. The number of likely N-dealkylation sites (tertiary alicyclic amines) is 1. The molecule has 124 valence electrons. The average Bonchev–Trinajstić information content (AvgIpc) is 3.02. The van der Waals surface area contributed by atoms with Crippen LogP contribution in [0.4, 0.5) is 0 Å². The summed E-state index contributed by atoms with van der Waals surface area (Å²) in [5.41, 5.74) is 0.387. The summed E-state index contributed by atoms with van der Waals surface area (Å²) in [5.74, 6) is -0.0759. The molecule has 2 N–H and O–H groups in total. The predicted octanol–water partition coefficient (Wildman–Crippen LogP) is 0.282. The Labute approximate surface area is 136 Å². The van der Waals surface area contributed by atoms with Crippen LogP contribution < -0.4 is 10.6 Å². The number of rotatable bonds is 5. The van der Waals surface area contributed by atoms with Gasteiger partial charge in [0.15, 0.2) is 0 Å². The molecular formula is C17H23N3O3. The molecule has 1 atom stereocenters. The maximum absolute atomic E-state index is 12.6. The third-order valence-corrected chi connectivity index (χ3v) is 4.75. The molecule has 0 aliphatic carbocycles. The van der Waals surface area contributed by atoms with Crippen LogP contribution in [-0.2, 0) is 20.9 Å². The molecule has 0 bridgehead atoms. The zero-order valence-corrected chi connectivity index (χ0v) is 13.4. The molecule has 0 unspecified atom stereocenters. The van der Waals surface area contributed by atoms with Gasteiger partial charge in [-0.05, 0) is 18.4 Å². The lowest BCUT2D eigenvalue weighted by molar-refractivity contribution is -0.174. The highest BCUT2D eigenvalue weighted by Gasteiger charge is 2.55. The molecule has 0 saturated carbocycles. The van der Waals surface area contributed by atoms with E-state index in [1.165, 1.54) is 0 Å². The van der Waals surface area contributed by atoms with E-state index in [4.69, 9.17) is 4.74 Å². The Hall–Kier alpha value is -1.92. The number of hydrogen-bond donors (Lipinski definition) is 2. The van der Waals surface area contributed by atoms with Crippen molar-refractivity contribution in [2.75, 3.05) is 26.8 Å². The minimum Gasteiger partial charge on any atom is -0.376 e. The van der Waals surface area contributed by atoms with Gasteiger partial charge in [0.05, 0.1) is 19.3 Å². The van der Waals surface area contributed by atoms with Crippen LogP contribution in [0.3, 0.4) is 0 Å². The van der Waals surface area contributed by atoms with Gasteiger partial charge in [0.1, 0.15) is 5.54 Å². The number of likely N-dealkylation sites (N-methyl/N-ethyl adjacent to an activating group) is 1. The van der Waals surface area contributed by atoms with Crippen molar-refractivity contribution >= 4 is 11.8 Å². The molecule has 0 aromatic heterocycles. The Bertz CT molecular complexity index is 572. The van der Waals surface area contributed by atoms with Gasteiger partial charge in [-0.3, -0.25) is 14.5 Å². The molecule has 2 amide bonds. The van der Waals surface area contributed by atoms with Crippen molar-refractivity contribution in [3.05, 3.63) is 35.9 Å². The zero-order chi connectivity index (χ0) is 16.3. The maximum Gasteiger partial charge on any atom is 0.245 e. The summed E-state index contributed by atoms with van der Waals surface area (Å²) in [6.07, 6.45) is 1.70. The molecule has 23 heavy (non-hydrogen) atoms. The highest BCUT2D eigenvalue weighted by Crippen LogP contribution is 2.33. The van der Waals surface area contributed by atoms with Crippen LogP contribution >= 0.6 is 0 Å². The van der Waals surface area contributed by atoms with Crippen LogP contribution in [0.15, 0.2) is 30.3 Å². The molecule has 0 spiro atoms. The standard InChI is InChI=1S/C17H23N3O3/c1-18-16(22)17(11-23-12-17)20-9-5-8-14(20)15(21)19-10-13-6-3-2-4-7-13/h2-4,6-7,14H,5,8-12H2,1H3,(H,18,22)(H,19,21)/t14-/m0/s1. The van der Waals surface area contributed by atoms with Gasteiger partial charge in [0.25, 0.3) is 0 Å². The van der Waals surface area contributed by atoms with Gasteiger partial charge in [-0.1, -0.05) is 30.3 Å². The van der Waals surface area contributed by atoms with E-state index in [0.717, 1.165) is 24.9 Å². The van der Waals surface area contributed by atoms with Crippen molar-refractivity contribution in [1.29, 1.82) is 0 Å². The van der Waals surface area contributed by atoms with Gasteiger partial charge in [0, 0.05) is 20.1 Å². The van der Waals surface area contributed by atoms with Crippen LogP contribution in [0.1, 0.15) is 18.4 Å². The van der Waals surface area contributed by atoms with Crippen molar-refractivity contribution < 1.29 is 14.3 Å². The highest BCUT2D eigenvalue weighted by molar-refractivity contribution is 5.89. The van der Waals surface area contributed by atoms with E-state index in [2.05, 4.69) is 10.6 Å². The number of carbonyl (C=O) groups is 2. The van der Waals surface area contributed by atoms with Crippen LogP contribution in [-0.4, -0.2) is 55.1 Å². The van der Waals surface area contributed by atoms with Crippen molar-refractivity contribution in [3.8, 4) is 0 Å². The van der Waals surface area contributed by atoms with E-state index in [9.17, 15) is 9.59 Å². The van der Waals surface area contributed by atoms with Gasteiger partial charge in [0.2, 0.25) is 11.8 Å². The van der Waals surface area contributed by atoms with Crippen LogP contribution in [0.25, 0.3) is 0 Å².